The van der Waals surface area contributed by atoms with Gasteiger partial charge in [-0.3, -0.25) is 14.4 Å². The van der Waals surface area contributed by atoms with Gasteiger partial charge in [-0.15, -0.1) is 0 Å². The predicted octanol–water partition coefficient (Wildman–Crippen LogP) is -0.880. The predicted molar refractivity (Wildman–Crippen MR) is 71.4 cm³/mol. The van der Waals surface area contributed by atoms with Crippen molar-refractivity contribution in [1.82, 2.24) is 10.6 Å². The van der Waals surface area contributed by atoms with Gasteiger partial charge in [-0.05, 0) is 12.8 Å². The maximum Gasteiger partial charge on any atom is 0.326 e. The third kappa shape index (κ3) is 7.58. The van der Waals surface area contributed by atoms with Crippen molar-refractivity contribution in [3.63, 3.8) is 0 Å². The second-order valence-corrected chi connectivity index (χ2v) is 4.31. The first-order chi connectivity index (χ1) is 9.81. The number of hydrogen-bond donors (Lipinski definition) is 3. The van der Waals surface area contributed by atoms with Crippen LogP contribution < -0.4 is 10.6 Å². The van der Waals surface area contributed by atoms with Crippen LogP contribution in [0.2, 0.25) is 0 Å². The van der Waals surface area contributed by atoms with Crippen molar-refractivity contribution in [2.75, 3.05) is 0 Å². The number of carbonyl (C=O) groups is 4. The van der Waals surface area contributed by atoms with Crippen LogP contribution in [0.25, 0.3) is 5.53 Å². The molecular weight excluding hydrogens is 280 g/mol. The summed E-state index contributed by atoms with van der Waals surface area (Å²) in [4.78, 5) is 47.5. The molecule has 0 radical (unpaired) electrons. The lowest BCUT2D eigenvalue weighted by Crippen LogP contribution is -2.51. The molecule has 9 heteroatoms. The average Bonchev–Trinajstić information content (AvgIpc) is 2.40. The molecular formula is C12H18N4O5. The summed E-state index contributed by atoms with van der Waals surface area (Å²) < 4.78 is 0. The molecule has 0 aliphatic rings. The molecule has 3 N–H and O–H groups in total. The van der Waals surface area contributed by atoms with E-state index < -0.39 is 35.7 Å². The van der Waals surface area contributed by atoms with Gasteiger partial charge >= 0.3 is 12.2 Å². The highest BCUT2D eigenvalue weighted by atomic mass is 16.4. The van der Waals surface area contributed by atoms with Gasteiger partial charge in [0.2, 0.25) is 17.6 Å². The van der Waals surface area contributed by atoms with Crippen LogP contribution in [0.3, 0.4) is 0 Å². The first-order valence-electron chi connectivity index (χ1n) is 6.32. The van der Waals surface area contributed by atoms with Gasteiger partial charge < -0.3 is 21.3 Å². The van der Waals surface area contributed by atoms with Crippen LogP contribution in [0.1, 0.15) is 33.1 Å². The molecule has 0 aromatic carbocycles. The Morgan fingerprint density at radius 3 is 2.29 bits per heavy atom. The number of hydrogen-bond acceptors (Lipinski definition) is 4. The lowest BCUT2D eigenvalue weighted by molar-refractivity contribution is -0.142. The van der Waals surface area contributed by atoms with Crippen molar-refractivity contribution in [3.05, 3.63) is 5.53 Å². The summed E-state index contributed by atoms with van der Waals surface area (Å²) >= 11 is 0. The maximum absolute atomic E-state index is 11.9. The Balaban J connectivity index is 4.65. The Hall–Kier alpha value is -2.54. The second-order valence-electron chi connectivity index (χ2n) is 4.31. The molecule has 0 fully saturated rings. The molecule has 0 saturated heterocycles. The molecule has 0 aliphatic heterocycles. The van der Waals surface area contributed by atoms with Crippen molar-refractivity contribution >= 4 is 29.8 Å². The van der Waals surface area contributed by atoms with Crippen LogP contribution in [0, 0.1) is 0 Å². The molecule has 0 spiro atoms. The van der Waals surface area contributed by atoms with E-state index in [0.717, 1.165) is 0 Å². The van der Waals surface area contributed by atoms with Crippen LogP contribution in [-0.4, -0.2) is 51.8 Å². The van der Waals surface area contributed by atoms with Crippen LogP contribution in [-0.2, 0) is 19.2 Å². The first kappa shape index (κ1) is 18.5. The number of Topliss-reactive ketones (excluding diaryl/α,β-unsaturated/α-hetero) is 1. The van der Waals surface area contributed by atoms with Crippen LogP contribution in [0.4, 0.5) is 0 Å². The van der Waals surface area contributed by atoms with Gasteiger partial charge in [-0.25, -0.2) is 4.79 Å². The standard InChI is InChI=1S/C12H18N4O5/c1-3-9(15-7(2)17)11(19)16-10(12(20)21)5-4-8(18)6-14-13/h6,9-10H,3-5H2,1-2H3,(H,15,17)(H,16,19)(H,20,21)/t9-,10-/m0/s1. The molecule has 0 aliphatic carbocycles. The average molecular weight is 298 g/mol. The van der Waals surface area contributed by atoms with Gasteiger partial charge in [-0.1, -0.05) is 6.92 Å². The molecule has 9 nitrogen and oxygen atoms in total. The van der Waals surface area contributed by atoms with E-state index in [1.165, 1.54) is 6.92 Å². The molecule has 0 aromatic rings. The summed E-state index contributed by atoms with van der Waals surface area (Å²) in [6.07, 6.45) is 0.613. The highest BCUT2D eigenvalue weighted by molar-refractivity contribution is 6.25. The molecule has 0 unspecified atom stereocenters. The van der Waals surface area contributed by atoms with Crippen molar-refractivity contribution in [2.24, 2.45) is 0 Å². The molecule has 2 atom stereocenters. The van der Waals surface area contributed by atoms with E-state index in [0.29, 0.717) is 12.6 Å². The quantitative estimate of drug-likeness (QED) is 0.287. The third-order valence-electron chi connectivity index (χ3n) is 2.60. The zero-order valence-electron chi connectivity index (χ0n) is 11.8. The van der Waals surface area contributed by atoms with E-state index in [9.17, 15) is 19.2 Å². The zero-order chi connectivity index (χ0) is 16.4. The van der Waals surface area contributed by atoms with E-state index in [-0.39, 0.29) is 12.8 Å². The number of amides is 2. The topological polar surface area (TPSA) is 149 Å². The van der Waals surface area contributed by atoms with E-state index in [2.05, 4.69) is 15.4 Å². The van der Waals surface area contributed by atoms with E-state index in [1.807, 2.05) is 0 Å². The number of nitrogens with one attached hydrogen (secondary N) is 2. The Labute approximate surface area is 121 Å². The number of aliphatic carboxylic acids is 1. The zero-order valence-corrected chi connectivity index (χ0v) is 11.8. The SMILES string of the molecule is CC[C@H](NC(C)=O)C(=O)N[C@@H](CCC(=O)C=[N+]=[N-])C(=O)O. The van der Waals surface area contributed by atoms with Crippen LogP contribution >= 0.6 is 0 Å². The summed E-state index contributed by atoms with van der Waals surface area (Å²) in [5.41, 5.74) is 8.17. The van der Waals surface area contributed by atoms with Crippen molar-refractivity contribution < 1.29 is 29.1 Å². The number of carboxylic acid groups (broad SMARTS) is 1. The lowest BCUT2D eigenvalue weighted by Gasteiger charge is -2.19. The Morgan fingerprint density at radius 2 is 1.86 bits per heavy atom. The minimum atomic E-state index is -1.30. The Morgan fingerprint density at radius 1 is 1.24 bits per heavy atom. The van der Waals surface area contributed by atoms with E-state index in [1.54, 1.807) is 6.92 Å². The van der Waals surface area contributed by atoms with Gasteiger partial charge in [0.15, 0.2) is 0 Å². The van der Waals surface area contributed by atoms with Gasteiger partial charge in [0, 0.05) is 13.3 Å². The monoisotopic (exact) mass is 298 g/mol. The normalized spacial score (nSPS) is 12.5. The van der Waals surface area contributed by atoms with E-state index in [4.69, 9.17) is 10.6 Å². The third-order valence-corrected chi connectivity index (χ3v) is 2.60. The molecule has 0 saturated carbocycles. The highest BCUT2D eigenvalue weighted by Crippen LogP contribution is 2.01. The van der Waals surface area contributed by atoms with Crippen molar-refractivity contribution in [1.29, 1.82) is 0 Å². The van der Waals surface area contributed by atoms with Crippen molar-refractivity contribution in [3.8, 4) is 0 Å². The lowest BCUT2D eigenvalue weighted by atomic mass is 10.1. The maximum atomic E-state index is 11.9. The highest BCUT2D eigenvalue weighted by Gasteiger charge is 2.25. The molecule has 0 bridgehead atoms. The summed E-state index contributed by atoms with van der Waals surface area (Å²) in [7, 11) is 0. The van der Waals surface area contributed by atoms with Crippen molar-refractivity contribution in [2.45, 2.75) is 45.2 Å². The van der Waals surface area contributed by atoms with Gasteiger partial charge in [0.05, 0.1) is 0 Å². The Kier molecular flexibility index (Phi) is 8.24. The summed E-state index contributed by atoms with van der Waals surface area (Å²) in [6.45, 7) is 2.91. The minimum absolute atomic E-state index is 0.150. The number of carboxylic acids is 1. The smallest absolute Gasteiger partial charge is 0.326 e. The first-order valence-corrected chi connectivity index (χ1v) is 6.32. The molecule has 0 heterocycles. The fourth-order valence-electron chi connectivity index (χ4n) is 1.54. The fourth-order valence-corrected chi connectivity index (χ4v) is 1.54. The van der Waals surface area contributed by atoms with E-state index >= 15 is 0 Å². The number of carbonyl (C=O) groups excluding carboxylic acids is 3. The summed E-state index contributed by atoms with van der Waals surface area (Å²) in [6, 6.07) is -2.10. The second kappa shape index (κ2) is 9.38. The minimum Gasteiger partial charge on any atom is -0.480 e. The van der Waals surface area contributed by atoms with Gasteiger partial charge in [0.25, 0.3) is 0 Å². The Bertz CT molecular complexity index is 470. The fraction of sp³-hybridized carbons (Fsp3) is 0.583. The van der Waals surface area contributed by atoms with Gasteiger partial charge in [0.1, 0.15) is 12.1 Å². The number of ketones is 1. The molecule has 116 valence electrons. The van der Waals surface area contributed by atoms with Crippen LogP contribution in [0.15, 0.2) is 0 Å². The molecule has 0 aromatic heterocycles. The largest absolute Gasteiger partial charge is 0.480 e. The summed E-state index contributed by atoms with van der Waals surface area (Å²) in [5, 5.41) is 13.7. The molecule has 0 rings (SSSR count). The number of rotatable bonds is 9. The van der Waals surface area contributed by atoms with Gasteiger partial charge in [-0.2, -0.15) is 4.79 Å². The number of nitrogens with zero attached hydrogens (tertiary/aromatic N) is 2. The van der Waals surface area contributed by atoms with Crippen LogP contribution in [0.5, 0.6) is 0 Å². The molecule has 2 amide bonds. The summed E-state index contributed by atoms with van der Waals surface area (Å²) in [5.74, 6) is -2.90. The molecule has 21 heavy (non-hydrogen) atoms.